The van der Waals surface area contributed by atoms with Gasteiger partial charge in [0.05, 0.1) is 18.7 Å². The van der Waals surface area contributed by atoms with Crippen molar-refractivity contribution in [2.24, 2.45) is 23.7 Å². The number of esters is 1. The Balaban J connectivity index is 1.20. The highest BCUT2D eigenvalue weighted by molar-refractivity contribution is 5.81. The van der Waals surface area contributed by atoms with E-state index in [1.165, 1.54) is 0 Å². The Labute approximate surface area is 199 Å². The van der Waals surface area contributed by atoms with Gasteiger partial charge in [0.2, 0.25) is 18.0 Å². The van der Waals surface area contributed by atoms with E-state index in [0.29, 0.717) is 12.5 Å². The number of aromatic nitrogens is 1. The Kier molecular flexibility index (Phi) is 6.39. The van der Waals surface area contributed by atoms with Crippen molar-refractivity contribution in [1.29, 1.82) is 0 Å². The Morgan fingerprint density at radius 3 is 2.79 bits per heavy atom. The Bertz CT molecular complexity index is 914. The number of rotatable bonds is 6. The first-order valence-corrected chi connectivity index (χ1v) is 12.4. The average molecular weight is 475 g/mol. The highest BCUT2D eigenvalue weighted by Crippen LogP contribution is 2.60. The summed E-state index contributed by atoms with van der Waals surface area (Å²) in [5.41, 5.74) is 0.0657. The van der Waals surface area contributed by atoms with Gasteiger partial charge in [0.15, 0.2) is 11.9 Å². The zero-order chi connectivity index (χ0) is 23.9. The monoisotopic (exact) mass is 474 g/mol. The fraction of sp³-hybridized carbons (Fsp3) is 0.720. The lowest BCUT2D eigenvalue weighted by atomic mass is 9.58. The molecule has 186 valence electrons. The van der Waals surface area contributed by atoms with Crippen LogP contribution in [0.2, 0.25) is 0 Å². The lowest BCUT2D eigenvalue weighted by molar-refractivity contribution is -0.576. The number of pyridine rings is 1. The summed E-state index contributed by atoms with van der Waals surface area (Å²) in [5, 5.41) is 2.77. The van der Waals surface area contributed by atoms with Gasteiger partial charge in [-0.05, 0) is 50.2 Å². The van der Waals surface area contributed by atoms with Gasteiger partial charge in [-0.25, -0.2) is 9.78 Å². The van der Waals surface area contributed by atoms with Gasteiger partial charge < -0.3 is 19.5 Å². The molecule has 6 rings (SSSR count). The molecule has 1 aliphatic carbocycles. The Hall–Kier alpha value is -2.07. The third-order valence-corrected chi connectivity index (χ3v) is 8.09. The molecule has 5 heterocycles. The minimum atomic E-state index is -0.877. The van der Waals surface area contributed by atoms with Crippen LogP contribution in [0.5, 0.6) is 0 Å². The van der Waals surface area contributed by atoms with E-state index in [1.54, 1.807) is 6.20 Å². The number of ether oxygens (including phenoxy) is 3. The van der Waals surface area contributed by atoms with Crippen LogP contribution in [0, 0.1) is 23.7 Å². The summed E-state index contributed by atoms with van der Waals surface area (Å²) in [5.74, 6) is -0.876. The van der Waals surface area contributed by atoms with Crippen LogP contribution in [0.4, 0.5) is 0 Å². The van der Waals surface area contributed by atoms with E-state index in [-0.39, 0.29) is 36.5 Å². The van der Waals surface area contributed by atoms with Gasteiger partial charge in [0.25, 0.3) is 0 Å². The van der Waals surface area contributed by atoms with Crippen LogP contribution in [0.25, 0.3) is 0 Å². The molecule has 5 aliphatic rings. The fourth-order valence-corrected chi connectivity index (χ4v) is 6.19. The zero-order valence-corrected chi connectivity index (χ0v) is 20.0. The number of amides is 1. The van der Waals surface area contributed by atoms with Crippen LogP contribution >= 0.6 is 0 Å². The topological polar surface area (TPSA) is 105 Å². The van der Waals surface area contributed by atoms with Crippen LogP contribution in [0.15, 0.2) is 24.4 Å². The second kappa shape index (κ2) is 9.18. The number of nitrogens with zero attached hydrogens (tertiary/aromatic N) is 1. The maximum Gasteiger partial charge on any atom is 0.308 e. The molecule has 9 heteroatoms. The lowest BCUT2D eigenvalue weighted by Gasteiger charge is -2.59. The van der Waals surface area contributed by atoms with E-state index in [2.05, 4.69) is 17.2 Å². The molecule has 5 fully saturated rings. The molecule has 1 spiro atoms. The molecule has 1 aromatic heterocycles. The summed E-state index contributed by atoms with van der Waals surface area (Å²) in [6.45, 7) is 6.47. The molecular weight excluding hydrogens is 440 g/mol. The van der Waals surface area contributed by atoms with Crippen LogP contribution < -0.4 is 5.32 Å². The first kappa shape index (κ1) is 23.7. The standard InChI is InChI=1S/C25H34N2O7/c1-15-7-8-19-16(2)22(31-23-25(19)18(15)11-12-24(3,32-23)33-34-25)30-21(29)10-9-20(28)27-14-17-6-4-5-13-26-17/h4-6,13,15-16,18-19,22-23H,7-12,14H2,1-3H3,(H,27,28)/t15-,16+,18-,19+,22+,23-,24+,25-/m0/s1. The number of carbonyl (C=O) groups is 2. The summed E-state index contributed by atoms with van der Waals surface area (Å²) in [6.07, 6.45) is 3.92. The minimum Gasteiger partial charge on any atom is -0.435 e. The van der Waals surface area contributed by atoms with Gasteiger partial charge in [-0.1, -0.05) is 19.9 Å². The van der Waals surface area contributed by atoms with E-state index in [0.717, 1.165) is 31.4 Å². The number of fused-ring (bicyclic) bond motifs is 2. The van der Waals surface area contributed by atoms with E-state index in [9.17, 15) is 9.59 Å². The molecule has 2 bridgehead atoms. The van der Waals surface area contributed by atoms with Gasteiger partial charge in [0.1, 0.15) is 0 Å². The van der Waals surface area contributed by atoms with Crippen molar-refractivity contribution >= 4 is 11.9 Å². The third kappa shape index (κ3) is 4.23. The largest absolute Gasteiger partial charge is 0.435 e. The summed E-state index contributed by atoms with van der Waals surface area (Å²) < 4.78 is 18.3. The van der Waals surface area contributed by atoms with Crippen molar-refractivity contribution in [3.63, 3.8) is 0 Å². The summed E-state index contributed by atoms with van der Waals surface area (Å²) in [7, 11) is 0. The molecular formula is C25H34N2O7. The van der Waals surface area contributed by atoms with Gasteiger partial charge in [0, 0.05) is 30.9 Å². The molecule has 0 unspecified atom stereocenters. The van der Waals surface area contributed by atoms with Gasteiger partial charge in [-0.15, -0.1) is 0 Å². The minimum absolute atomic E-state index is 0.0288. The van der Waals surface area contributed by atoms with Crippen molar-refractivity contribution in [3.05, 3.63) is 30.1 Å². The van der Waals surface area contributed by atoms with Crippen molar-refractivity contribution in [3.8, 4) is 0 Å². The van der Waals surface area contributed by atoms with Crippen molar-refractivity contribution in [1.82, 2.24) is 10.3 Å². The molecule has 1 amide bonds. The number of hydrogen-bond donors (Lipinski definition) is 1. The SMILES string of the molecule is C[C@H]1[C@H](OC(=O)CCC(=O)NCc2ccccn2)O[C@H]2O[C@@]3(C)CC[C@H]4[C@@H](C)CC[C@H]1[C@]24OO3. The molecule has 4 saturated heterocycles. The normalized spacial score (nSPS) is 40.7. The van der Waals surface area contributed by atoms with E-state index < -0.39 is 29.9 Å². The number of hydrogen-bond acceptors (Lipinski definition) is 8. The van der Waals surface area contributed by atoms with Crippen LogP contribution in [0.3, 0.4) is 0 Å². The molecule has 1 N–H and O–H groups in total. The molecule has 9 nitrogen and oxygen atoms in total. The molecule has 0 radical (unpaired) electrons. The van der Waals surface area contributed by atoms with Crippen molar-refractivity contribution in [2.45, 2.75) is 89.8 Å². The molecule has 8 atom stereocenters. The van der Waals surface area contributed by atoms with Gasteiger partial charge in [-0.3, -0.25) is 14.6 Å². The molecule has 1 aromatic rings. The van der Waals surface area contributed by atoms with Gasteiger partial charge in [-0.2, -0.15) is 0 Å². The average Bonchev–Trinajstić information content (AvgIpc) is 3.06. The van der Waals surface area contributed by atoms with E-state index in [4.69, 9.17) is 24.0 Å². The molecule has 4 aliphatic heterocycles. The maximum atomic E-state index is 12.6. The third-order valence-electron chi connectivity index (χ3n) is 8.09. The van der Waals surface area contributed by atoms with E-state index in [1.807, 2.05) is 32.0 Å². The fourth-order valence-electron chi connectivity index (χ4n) is 6.19. The second-order valence-corrected chi connectivity index (χ2v) is 10.4. The lowest BCUT2D eigenvalue weighted by Crippen LogP contribution is -2.70. The van der Waals surface area contributed by atoms with Crippen LogP contribution in [0.1, 0.15) is 65.0 Å². The highest BCUT2D eigenvalue weighted by Gasteiger charge is 2.69. The summed E-state index contributed by atoms with van der Waals surface area (Å²) >= 11 is 0. The first-order valence-electron chi connectivity index (χ1n) is 12.4. The quantitative estimate of drug-likeness (QED) is 0.495. The smallest absolute Gasteiger partial charge is 0.308 e. The summed E-state index contributed by atoms with van der Waals surface area (Å²) in [6, 6.07) is 5.51. The van der Waals surface area contributed by atoms with Crippen molar-refractivity contribution in [2.75, 3.05) is 0 Å². The number of nitrogens with one attached hydrogen (secondary N) is 1. The van der Waals surface area contributed by atoms with Crippen molar-refractivity contribution < 1.29 is 33.6 Å². The first-order chi connectivity index (χ1) is 16.3. The zero-order valence-electron chi connectivity index (χ0n) is 20.0. The predicted octanol–water partition coefficient (Wildman–Crippen LogP) is 3.23. The maximum absolute atomic E-state index is 12.6. The van der Waals surface area contributed by atoms with Gasteiger partial charge >= 0.3 is 5.97 Å². The van der Waals surface area contributed by atoms with Crippen LogP contribution in [-0.2, 0) is 40.1 Å². The Morgan fingerprint density at radius 2 is 2.00 bits per heavy atom. The predicted molar refractivity (Wildman–Crippen MR) is 118 cm³/mol. The molecule has 34 heavy (non-hydrogen) atoms. The number of carbonyl (C=O) groups excluding carboxylic acids is 2. The second-order valence-electron chi connectivity index (χ2n) is 10.4. The summed E-state index contributed by atoms with van der Waals surface area (Å²) in [4.78, 5) is 40.9. The molecule has 0 aromatic carbocycles. The Morgan fingerprint density at radius 1 is 1.15 bits per heavy atom. The highest BCUT2D eigenvalue weighted by atomic mass is 17.3. The molecule has 1 saturated carbocycles. The van der Waals surface area contributed by atoms with Crippen LogP contribution in [-0.4, -0.2) is 40.8 Å². The van der Waals surface area contributed by atoms with E-state index >= 15 is 0 Å².